The summed E-state index contributed by atoms with van der Waals surface area (Å²) in [6.07, 6.45) is 0.803. The molecular formula is C19H13ClN2O3S2. The Morgan fingerprint density at radius 3 is 2.89 bits per heavy atom. The lowest BCUT2D eigenvalue weighted by Gasteiger charge is -2.03. The van der Waals surface area contributed by atoms with Gasteiger partial charge in [0.1, 0.15) is 11.1 Å². The van der Waals surface area contributed by atoms with E-state index in [4.69, 9.17) is 16.0 Å². The highest BCUT2D eigenvalue weighted by Crippen LogP contribution is 2.34. The molecule has 3 heterocycles. The standard InChI is InChI=1S/C19H13ClN2O3S2/c1-2-14-16(15-4-3-7-26-15)21-19(27-14)22-17(23)12-9-10-8-11(20)5-6-13(10)25-18(12)24/h3-9H,2H2,1H3,(H,21,22,23). The normalized spacial score (nSPS) is 11.0. The number of hydrogen-bond donors (Lipinski definition) is 1. The van der Waals surface area contributed by atoms with Crippen molar-refractivity contribution in [2.75, 3.05) is 5.32 Å². The van der Waals surface area contributed by atoms with Gasteiger partial charge in [-0.2, -0.15) is 0 Å². The Labute approximate surface area is 167 Å². The van der Waals surface area contributed by atoms with Crippen molar-refractivity contribution in [2.24, 2.45) is 0 Å². The summed E-state index contributed by atoms with van der Waals surface area (Å²) < 4.78 is 5.23. The van der Waals surface area contributed by atoms with Gasteiger partial charge in [-0.25, -0.2) is 9.78 Å². The van der Waals surface area contributed by atoms with Gasteiger partial charge in [-0.1, -0.05) is 24.6 Å². The Kier molecular flexibility index (Phi) is 4.82. The van der Waals surface area contributed by atoms with Crippen molar-refractivity contribution in [2.45, 2.75) is 13.3 Å². The largest absolute Gasteiger partial charge is 0.422 e. The van der Waals surface area contributed by atoms with E-state index in [0.29, 0.717) is 21.1 Å². The first-order valence-corrected chi connectivity index (χ1v) is 10.2. The average Bonchev–Trinajstić information content (AvgIpc) is 3.30. The molecule has 0 saturated heterocycles. The number of aryl methyl sites for hydroxylation is 1. The van der Waals surface area contributed by atoms with Gasteiger partial charge in [0.25, 0.3) is 5.91 Å². The number of carbonyl (C=O) groups excluding carboxylic acids is 1. The SMILES string of the molecule is CCc1sc(NC(=O)c2cc3cc(Cl)ccc3oc2=O)nc1-c1cccs1. The number of benzene rings is 1. The minimum Gasteiger partial charge on any atom is -0.422 e. The smallest absolute Gasteiger partial charge is 0.349 e. The number of amides is 1. The zero-order valence-corrected chi connectivity index (χ0v) is 16.5. The van der Waals surface area contributed by atoms with E-state index in [1.165, 1.54) is 17.4 Å². The van der Waals surface area contributed by atoms with E-state index in [0.717, 1.165) is 21.9 Å². The van der Waals surface area contributed by atoms with E-state index >= 15 is 0 Å². The number of rotatable bonds is 4. The number of nitrogens with one attached hydrogen (secondary N) is 1. The van der Waals surface area contributed by atoms with E-state index < -0.39 is 11.5 Å². The maximum atomic E-state index is 12.6. The average molecular weight is 417 g/mol. The molecule has 8 heteroatoms. The van der Waals surface area contributed by atoms with Crippen molar-refractivity contribution < 1.29 is 9.21 Å². The summed E-state index contributed by atoms with van der Waals surface area (Å²) in [5.41, 5.74) is 0.456. The van der Waals surface area contributed by atoms with Gasteiger partial charge >= 0.3 is 5.63 Å². The van der Waals surface area contributed by atoms with Crippen LogP contribution in [0.15, 0.2) is 51.0 Å². The molecule has 0 atom stereocenters. The Hall–Kier alpha value is -2.48. The van der Waals surface area contributed by atoms with Gasteiger partial charge in [0.15, 0.2) is 5.13 Å². The van der Waals surface area contributed by atoms with E-state index in [-0.39, 0.29) is 5.56 Å². The first-order valence-electron chi connectivity index (χ1n) is 8.13. The van der Waals surface area contributed by atoms with Gasteiger partial charge in [-0.15, -0.1) is 22.7 Å². The van der Waals surface area contributed by atoms with E-state index in [2.05, 4.69) is 10.3 Å². The highest BCUT2D eigenvalue weighted by atomic mass is 35.5. The number of fused-ring (bicyclic) bond motifs is 1. The Balaban J connectivity index is 1.67. The van der Waals surface area contributed by atoms with Crippen LogP contribution in [0.1, 0.15) is 22.2 Å². The Morgan fingerprint density at radius 2 is 2.15 bits per heavy atom. The van der Waals surface area contributed by atoms with Gasteiger partial charge in [0.2, 0.25) is 0 Å². The third kappa shape index (κ3) is 3.53. The zero-order chi connectivity index (χ0) is 19.0. The Bertz CT molecular complexity index is 1200. The molecule has 1 amide bonds. The molecule has 0 aliphatic rings. The van der Waals surface area contributed by atoms with Gasteiger partial charge in [0, 0.05) is 15.3 Å². The number of hydrogen-bond acceptors (Lipinski definition) is 6. The highest BCUT2D eigenvalue weighted by Gasteiger charge is 2.18. The van der Waals surface area contributed by atoms with Crippen molar-refractivity contribution in [3.63, 3.8) is 0 Å². The number of thiazole rings is 1. The van der Waals surface area contributed by atoms with Crippen LogP contribution < -0.4 is 10.9 Å². The lowest BCUT2D eigenvalue weighted by molar-refractivity contribution is 0.102. The monoisotopic (exact) mass is 416 g/mol. The maximum absolute atomic E-state index is 12.6. The van der Waals surface area contributed by atoms with Crippen molar-refractivity contribution in [3.05, 3.63) is 67.7 Å². The zero-order valence-electron chi connectivity index (χ0n) is 14.1. The van der Waals surface area contributed by atoms with E-state index in [1.54, 1.807) is 29.5 Å². The van der Waals surface area contributed by atoms with Crippen LogP contribution >= 0.6 is 34.3 Å². The van der Waals surface area contributed by atoms with Crippen LogP contribution in [0.25, 0.3) is 21.5 Å². The summed E-state index contributed by atoms with van der Waals surface area (Å²) in [6.45, 7) is 2.04. The van der Waals surface area contributed by atoms with E-state index in [9.17, 15) is 9.59 Å². The number of carbonyl (C=O) groups is 1. The molecule has 0 radical (unpaired) electrons. The van der Waals surface area contributed by atoms with Crippen LogP contribution in [0.4, 0.5) is 5.13 Å². The van der Waals surface area contributed by atoms with Crippen LogP contribution in [0.3, 0.4) is 0 Å². The molecule has 5 nitrogen and oxygen atoms in total. The fraction of sp³-hybridized carbons (Fsp3) is 0.105. The molecule has 0 spiro atoms. The molecule has 27 heavy (non-hydrogen) atoms. The predicted octanol–water partition coefficient (Wildman–Crippen LogP) is 5.45. The van der Waals surface area contributed by atoms with Crippen LogP contribution in [0.2, 0.25) is 5.02 Å². The summed E-state index contributed by atoms with van der Waals surface area (Å²) in [6, 6.07) is 10.3. The lowest BCUT2D eigenvalue weighted by Crippen LogP contribution is -2.20. The molecule has 0 bridgehead atoms. The number of anilines is 1. The van der Waals surface area contributed by atoms with Crippen molar-refractivity contribution in [1.82, 2.24) is 4.98 Å². The predicted molar refractivity (Wildman–Crippen MR) is 110 cm³/mol. The second kappa shape index (κ2) is 7.26. The quantitative estimate of drug-likeness (QED) is 0.449. The van der Waals surface area contributed by atoms with Gasteiger partial charge < -0.3 is 4.42 Å². The number of halogens is 1. The molecule has 0 fully saturated rings. The molecule has 0 saturated carbocycles. The molecule has 4 aromatic rings. The second-order valence-electron chi connectivity index (χ2n) is 5.71. The first-order chi connectivity index (χ1) is 13.0. The van der Waals surface area contributed by atoms with Crippen LogP contribution in [-0.4, -0.2) is 10.9 Å². The van der Waals surface area contributed by atoms with Gasteiger partial charge in [0.05, 0.1) is 10.6 Å². The molecule has 4 rings (SSSR count). The molecular weight excluding hydrogens is 404 g/mol. The Morgan fingerprint density at radius 1 is 1.30 bits per heavy atom. The highest BCUT2D eigenvalue weighted by molar-refractivity contribution is 7.17. The molecule has 136 valence electrons. The van der Waals surface area contributed by atoms with E-state index in [1.807, 2.05) is 24.4 Å². The minimum absolute atomic E-state index is 0.0873. The summed E-state index contributed by atoms with van der Waals surface area (Å²) >= 11 is 8.97. The third-order valence-electron chi connectivity index (χ3n) is 3.93. The summed E-state index contributed by atoms with van der Waals surface area (Å²) in [5.74, 6) is -0.556. The molecule has 0 aliphatic heterocycles. The first kappa shape index (κ1) is 17.9. The number of aromatic nitrogens is 1. The molecule has 1 N–H and O–H groups in total. The topological polar surface area (TPSA) is 72.2 Å². The number of thiophene rings is 1. The van der Waals surface area contributed by atoms with Crippen LogP contribution in [0, 0.1) is 0 Å². The van der Waals surface area contributed by atoms with Crippen molar-refractivity contribution in [3.8, 4) is 10.6 Å². The molecule has 3 aromatic heterocycles. The maximum Gasteiger partial charge on any atom is 0.349 e. The summed E-state index contributed by atoms with van der Waals surface area (Å²) in [4.78, 5) is 31.5. The second-order valence-corrected chi connectivity index (χ2v) is 8.17. The van der Waals surface area contributed by atoms with Crippen molar-refractivity contribution >= 4 is 56.3 Å². The third-order valence-corrected chi connectivity index (χ3v) is 6.16. The fourth-order valence-corrected chi connectivity index (χ4v) is 4.56. The summed E-state index contributed by atoms with van der Waals surface area (Å²) in [5, 5.41) is 6.23. The molecule has 1 aromatic carbocycles. The fourth-order valence-electron chi connectivity index (χ4n) is 2.67. The lowest BCUT2D eigenvalue weighted by atomic mass is 10.2. The number of nitrogens with zero attached hydrogens (tertiary/aromatic N) is 1. The van der Waals surface area contributed by atoms with Gasteiger partial charge in [-0.3, -0.25) is 10.1 Å². The van der Waals surface area contributed by atoms with Crippen LogP contribution in [0.5, 0.6) is 0 Å². The van der Waals surface area contributed by atoms with Gasteiger partial charge in [-0.05, 0) is 42.1 Å². The van der Waals surface area contributed by atoms with Crippen molar-refractivity contribution in [1.29, 1.82) is 0 Å². The summed E-state index contributed by atoms with van der Waals surface area (Å²) in [7, 11) is 0. The molecule has 0 unspecified atom stereocenters. The minimum atomic E-state index is -0.701. The van der Waals surface area contributed by atoms with Crippen LogP contribution in [-0.2, 0) is 6.42 Å². The molecule has 0 aliphatic carbocycles.